The van der Waals surface area contributed by atoms with Crippen molar-refractivity contribution in [3.05, 3.63) is 0 Å². The molecule has 5 atom stereocenters. The van der Waals surface area contributed by atoms with Crippen LogP contribution in [0.2, 0.25) is 0 Å². The van der Waals surface area contributed by atoms with E-state index in [1.807, 2.05) is 27.7 Å². The molecule has 214 valence electrons. The van der Waals surface area contributed by atoms with Crippen LogP contribution < -0.4 is 0 Å². The van der Waals surface area contributed by atoms with E-state index in [1.165, 1.54) is 0 Å². The Morgan fingerprint density at radius 2 is 1.27 bits per heavy atom. The van der Waals surface area contributed by atoms with Crippen molar-refractivity contribution in [2.24, 2.45) is 5.92 Å². The van der Waals surface area contributed by atoms with Crippen LogP contribution >= 0.6 is 0 Å². The summed E-state index contributed by atoms with van der Waals surface area (Å²) < 4.78 is 47.2. The summed E-state index contributed by atoms with van der Waals surface area (Å²) in [6, 6.07) is 0. The van der Waals surface area contributed by atoms with Crippen molar-refractivity contribution in [1.82, 2.24) is 0 Å². The Morgan fingerprint density at radius 3 is 1.84 bits per heavy atom. The molecule has 10 heteroatoms. The highest BCUT2D eigenvalue weighted by Crippen LogP contribution is 2.44. The van der Waals surface area contributed by atoms with Crippen LogP contribution in [-0.4, -0.2) is 78.6 Å². The maximum Gasteiger partial charge on any atom is 0.320 e. The molecule has 3 heterocycles. The van der Waals surface area contributed by atoms with Crippen molar-refractivity contribution in [2.75, 3.05) is 13.2 Å². The molecule has 3 saturated heterocycles. The predicted octanol–water partition coefficient (Wildman–Crippen LogP) is 3.87. The Balaban J connectivity index is 1.49. The number of hydrogen-bond donors (Lipinski definition) is 0. The normalized spacial score (nSPS) is 30.6. The number of rotatable bonds is 9. The topological polar surface area (TPSA) is 108 Å². The molecule has 0 aromatic rings. The van der Waals surface area contributed by atoms with E-state index >= 15 is 0 Å². The molecule has 0 aliphatic carbocycles. The minimum absolute atomic E-state index is 0.287. The quantitative estimate of drug-likeness (QED) is 0.248. The lowest BCUT2D eigenvalue weighted by Gasteiger charge is -2.37. The average Bonchev–Trinajstić information content (AvgIpc) is 3.18. The van der Waals surface area contributed by atoms with Gasteiger partial charge in [-0.1, -0.05) is 0 Å². The van der Waals surface area contributed by atoms with Crippen LogP contribution in [0.15, 0.2) is 0 Å². The summed E-state index contributed by atoms with van der Waals surface area (Å²) in [5, 5.41) is 0. The van der Waals surface area contributed by atoms with Gasteiger partial charge in [0.1, 0.15) is 35.6 Å². The summed E-state index contributed by atoms with van der Waals surface area (Å²) in [5.41, 5.74) is -1.39. The lowest BCUT2D eigenvalue weighted by molar-refractivity contribution is -0.243. The van der Waals surface area contributed by atoms with Crippen LogP contribution in [0.1, 0.15) is 88.5 Å². The van der Waals surface area contributed by atoms with Crippen molar-refractivity contribution in [1.29, 1.82) is 0 Å². The Bertz CT molecular complexity index is 781. The number of hydrogen-bond acceptors (Lipinski definition) is 10. The van der Waals surface area contributed by atoms with Crippen LogP contribution in [0.4, 0.5) is 0 Å². The minimum atomic E-state index is -0.980. The van der Waals surface area contributed by atoms with Gasteiger partial charge in [-0.15, -0.1) is 0 Å². The van der Waals surface area contributed by atoms with Crippen molar-refractivity contribution < 1.29 is 47.5 Å². The van der Waals surface area contributed by atoms with E-state index in [9.17, 15) is 9.59 Å². The molecule has 0 amide bonds. The highest BCUT2D eigenvalue weighted by atomic mass is 16.9. The summed E-state index contributed by atoms with van der Waals surface area (Å²) in [6.45, 7) is 18.8. The molecule has 0 N–H and O–H groups in total. The fraction of sp³-hybridized carbons (Fsp3) is 0.926. The number of ether oxygens (including phenoxy) is 8. The van der Waals surface area contributed by atoms with Crippen molar-refractivity contribution in [3.63, 3.8) is 0 Å². The Kier molecular flexibility index (Phi) is 9.04. The van der Waals surface area contributed by atoms with Crippen LogP contribution in [0.25, 0.3) is 0 Å². The van der Waals surface area contributed by atoms with Crippen LogP contribution in [0.5, 0.6) is 0 Å². The monoisotopic (exact) mass is 530 g/mol. The van der Waals surface area contributed by atoms with E-state index in [-0.39, 0.29) is 31.0 Å². The van der Waals surface area contributed by atoms with Crippen molar-refractivity contribution in [2.45, 2.75) is 142 Å². The summed E-state index contributed by atoms with van der Waals surface area (Å²) in [7, 11) is 0. The third-order valence-corrected chi connectivity index (χ3v) is 5.95. The first-order valence-corrected chi connectivity index (χ1v) is 13.3. The molecule has 0 radical (unpaired) electrons. The molecule has 0 bridgehead atoms. The van der Waals surface area contributed by atoms with Gasteiger partial charge in [0, 0.05) is 6.61 Å². The molecule has 3 aliphatic rings. The van der Waals surface area contributed by atoms with Gasteiger partial charge in [-0.05, 0) is 88.5 Å². The predicted molar refractivity (Wildman–Crippen MR) is 132 cm³/mol. The first-order valence-electron chi connectivity index (χ1n) is 13.3. The number of unbranched alkanes of at least 4 members (excludes halogenated alkanes) is 1. The van der Waals surface area contributed by atoms with Crippen LogP contribution in [-0.2, 0) is 47.5 Å². The average molecular weight is 531 g/mol. The number of carbonyl (C=O) groups is 2. The summed E-state index contributed by atoms with van der Waals surface area (Å²) in [4.78, 5) is 25.4. The van der Waals surface area contributed by atoms with Gasteiger partial charge in [0.25, 0.3) is 0 Å². The van der Waals surface area contributed by atoms with Gasteiger partial charge in [-0.3, -0.25) is 9.59 Å². The van der Waals surface area contributed by atoms with Crippen LogP contribution in [0.3, 0.4) is 0 Å². The molecule has 3 aliphatic heterocycles. The second kappa shape index (κ2) is 11.1. The van der Waals surface area contributed by atoms with Gasteiger partial charge < -0.3 is 37.9 Å². The summed E-state index contributed by atoms with van der Waals surface area (Å²) in [5.74, 6) is -3.65. The molecule has 3 fully saturated rings. The zero-order chi connectivity index (χ0) is 27.8. The largest absolute Gasteiger partial charge is 0.459 e. The van der Waals surface area contributed by atoms with E-state index in [0.717, 1.165) is 0 Å². The van der Waals surface area contributed by atoms with E-state index in [0.29, 0.717) is 25.9 Å². The fourth-order valence-electron chi connectivity index (χ4n) is 4.66. The summed E-state index contributed by atoms with van der Waals surface area (Å²) in [6.07, 6.45) is -0.464. The zero-order valence-electron chi connectivity index (χ0n) is 24.1. The lowest BCUT2D eigenvalue weighted by Crippen LogP contribution is -2.56. The van der Waals surface area contributed by atoms with E-state index in [2.05, 4.69) is 0 Å². The fourth-order valence-corrected chi connectivity index (χ4v) is 4.66. The van der Waals surface area contributed by atoms with E-state index in [1.54, 1.807) is 41.5 Å². The number of carbonyl (C=O) groups excluding carboxylic acids is 2. The molecule has 10 nitrogen and oxygen atoms in total. The minimum Gasteiger partial charge on any atom is -0.459 e. The van der Waals surface area contributed by atoms with Gasteiger partial charge in [0.15, 0.2) is 23.8 Å². The Morgan fingerprint density at radius 1 is 0.757 bits per heavy atom. The smallest absolute Gasteiger partial charge is 0.320 e. The first-order chi connectivity index (χ1) is 16.9. The first kappa shape index (κ1) is 30.2. The van der Waals surface area contributed by atoms with Gasteiger partial charge >= 0.3 is 11.9 Å². The Labute approximate surface area is 220 Å². The van der Waals surface area contributed by atoms with Gasteiger partial charge in [0.2, 0.25) is 0 Å². The summed E-state index contributed by atoms with van der Waals surface area (Å²) >= 11 is 0. The molecular weight excluding hydrogens is 484 g/mol. The highest BCUT2D eigenvalue weighted by molar-refractivity contribution is 5.95. The van der Waals surface area contributed by atoms with E-state index in [4.69, 9.17) is 37.9 Å². The molecular formula is C27H46O10. The standard InChI is InChI=1S/C27H46O10/c1-24(2,3)35-21(28)16(22(29)36-25(4,5)6)13-11-12-14-30-15-17-18-19(33-26(7,8)32-18)20-23(31-17)37-27(9,10)34-20/h16-20,23H,11-15H2,1-10H3/t17-,18+,19+,20-,23-/m1/s1. The number of fused-ring (bicyclic) bond motifs is 3. The molecule has 0 aromatic carbocycles. The molecule has 37 heavy (non-hydrogen) atoms. The number of esters is 2. The molecule has 0 saturated carbocycles. The maximum atomic E-state index is 12.7. The van der Waals surface area contributed by atoms with E-state index < -0.39 is 46.9 Å². The lowest BCUT2D eigenvalue weighted by atomic mass is 9.99. The van der Waals surface area contributed by atoms with Gasteiger partial charge in [-0.2, -0.15) is 0 Å². The van der Waals surface area contributed by atoms with Gasteiger partial charge in [-0.25, -0.2) is 0 Å². The molecule has 0 aromatic heterocycles. The maximum absolute atomic E-state index is 12.7. The Hall–Kier alpha value is -1.30. The third kappa shape index (κ3) is 8.60. The zero-order valence-corrected chi connectivity index (χ0v) is 24.1. The molecule has 0 unspecified atom stereocenters. The third-order valence-electron chi connectivity index (χ3n) is 5.95. The van der Waals surface area contributed by atoms with Crippen molar-refractivity contribution >= 4 is 11.9 Å². The SMILES string of the molecule is CC(C)(C)OC(=O)C(CCCCOC[C@H]1O[C@@H]2OC(C)(C)O[C@@H]2[C@H]2OC(C)(C)O[C@H]21)C(=O)OC(C)(C)C. The van der Waals surface area contributed by atoms with Crippen molar-refractivity contribution in [3.8, 4) is 0 Å². The second-order valence-corrected chi connectivity index (χ2v) is 12.9. The molecule has 3 rings (SSSR count). The highest BCUT2D eigenvalue weighted by Gasteiger charge is 2.60. The second-order valence-electron chi connectivity index (χ2n) is 12.9. The van der Waals surface area contributed by atoms with Gasteiger partial charge in [0.05, 0.1) is 6.61 Å². The van der Waals surface area contributed by atoms with Crippen LogP contribution in [0, 0.1) is 5.92 Å². The molecule has 0 spiro atoms.